The van der Waals surface area contributed by atoms with E-state index in [1.165, 1.54) is 0 Å². The Labute approximate surface area is 203 Å². The predicted molar refractivity (Wildman–Crippen MR) is 125 cm³/mol. The highest BCUT2D eigenvalue weighted by molar-refractivity contribution is 6.24. The van der Waals surface area contributed by atoms with Gasteiger partial charge in [0.05, 0.1) is 16.7 Å². The number of imide groups is 2. The van der Waals surface area contributed by atoms with Crippen molar-refractivity contribution in [3.8, 4) is 0 Å². The van der Waals surface area contributed by atoms with Gasteiger partial charge in [-0.15, -0.1) is 0 Å². The molecule has 1 saturated carbocycles. The van der Waals surface area contributed by atoms with Gasteiger partial charge < -0.3 is 10.2 Å². The predicted octanol–water partition coefficient (Wildman–Crippen LogP) is 0.312. The van der Waals surface area contributed by atoms with Crippen molar-refractivity contribution in [1.29, 1.82) is 0 Å². The molecule has 1 atom stereocenters. The second-order valence-corrected chi connectivity index (χ2v) is 9.83. The molecular weight excluding hydrogens is 450 g/mol. The molecule has 3 aliphatic heterocycles. The number of fused-ring (bicyclic) bond motifs is 1. The quantitative estimate of drug-likeness (QED) is 0.517. The van der Waals surface area contributed by atoms with Crippen LogP contribution in [-0.2, 0) is 20.9 Å². The lowest BCUT2D eigenvalue weighted by atomic mass is 9.80. The number of hydrogen-bond donors (Lipinski definition) is 3. The Hall–Kier alpha value is -3.11. The molecule has 5 amide bonds. The summed E-state index contributed by atoms with van der Waals surface area (Å²) in [4.78, 5) is 66.9. The molecule has 0 bridgehead atoms. The molecule has 10 heteroatoms. The van der Waals surface area contributed by atoms with E-state index in [0.29, 0.717) is 18.7 Å². The highest BCUT2D eigenvalue weighted by atomic mass is 16.2. The molecule has 10 nitrogen and oxygen atoms in total. The molecule has 1 aromatic rings. The van der Waals surface area contributed by atoms with E-state index in [-0.39, 0.29) is 36.4 Å². The fourth-order valence-electron chi connectivity index (χ4n) is 5.79. The van der Waals surface area contributed by atoms with Gasteiger partial charge in [0.15, 0.2) is 0 Å². The molecule has 3 fully saturated rings. The Morgan fingerprint density at radius 3 is 2.49 bits per heavy atom. The van der Waals surface area contributed by atoms with Crippen molar-refractivity contribution in [1.82, 2.24) is 25.8 Å². The molecule has 3 heterocycles. The van der Waals surface area contributed by atoms with Gasteiger partial charge in [-0.05, 0) is 30.9 Å². The van der Waals surface area contributed by atoms with Crippen LogP contribution in [0.3, 0.4) is 0 Å². The Morgan fingerprint density at radius 1 is 1.03 bits per heavy atom. The fourth-order valence-corrected chi connectivity index (χ4v) is 5.79. The highest BCUT2D eigenvalue weighted by Crippen LogP contribution is 2.33. The molecule has 2 saturated heterocycles. The summed E-state index contributed by atoms with van der Waals surface area (Å²) in [7, 11) is 0. The van der Waals surface area contributed by atoms with Gasteiger partial charge in [0.25, 0.3) is 11.8 Å². The Balaban J connectivity index is 1.38. The van der Waals surface area contributed by atoms with Gasteiger partial charge in [-0.1, -0.05) is 31.4 Å². The number of amides is 5. The van der Waals surface area contributed by atoms with Gasteiger partial charge in [-0.3, -0.25) is 39.5 Å². The van der Waals surface area contributed by atoms with E-state index in [1.807, 2.05) is 4.90 Å². The zero-order valence-electron chi connectivity index (χ0n) is 19.7. The van der Waals surface area contributed by atoms with Gasteiger partial charge in [0.2, 0.25) is 17.7 Å². The first-order valence-corrected chi connectivity index (χ1v) is 12.5. The average molecular weight is 482 g/mol. The average Bonchev–Trinajstić information content (AvgIpc) is 3.14. The lowest BCUT2D eigenvalue weighted by molar-refractivity contribution is -0.140. The number of benzene rings is 1. The maximum Gasteiger partial charge on any atom is 0.262 e. The number of hydrogen-bond acceptors (Lipinski definition) is 7. The zero-order chi connectivity index (χ0) is 24.6. The van der Waals surface area contributed by atoms with Gasteiger partial charge in [-0.25, -0.2) is 0 Å². The van der Waals surface area contributed by atoms with E-state index in [2.05, 4.69) is 16.0 Å². The molecule has 186 valence electrons. The summed E-state index contributed by atoms with van der Waals surface area (Å²) in [6, 6.07) is 4.10. The van der Waals surface area contributed by atoms with E-state index in [9.17, 15) is 24.0 Å². The summed E-state index contributed by atoms with van der Waals surface area (Å²) in [6.45, 7) is 3.18. The Kier molecular flexibility index (Phi) is 6.41. The SMILES string of the molecule is O=C1CCC(N2C(=O)c3cccc(CNC4(C(=O)N5CCNCC5)CCCCC4)c3C2=O)C(=O)N1. The molecule has 0 spiro atoms. The standard InChI is InChI=1S/C25H31N5O5/c31-19-8-7-18(21(32)28-19)30-22(33)17-6-4-5-16(20(17)23(30)34)15-27-25(9-2-1-3-10-25)24(35)29-13-11-26-12-14-29/h4-6,18,26-27H,1-3,7-15H2,(H,28,31,32). The van der Waals surface area contributed by atoms with Crippen LogP contribution in [0.15, 0.2) is 18.2 Å². The van der Waals surface area contributed by atoms with Crippen LogP contribution in [0, 0.1) is 0 Å². The van der Waals surface area contributed by atoms with Gasteiger partial charge >= 0.3 is 0 Å². The first kappa shape index (κ1) is 23.6. The van der Waals surface area contributed by atoms with Gasteiger partial charge in [0.1, 0.15) is 6.04 Å². The number of carbonyl (C=O) groups is 5. The third-order valence-corrected chi connectivity index (χ3v) is 7.69. The third kappa shape index (κ3) is 4.25. The summed E-state index contributed by atoms with van der Waals surface area (Å²) in [5.74, 6) is -1.97. The van der Waals surface area contributed by atoms with Crippen molar-refractivity contribution in [2.75, 3.05) is 26.2 Å². The van der Waals surface area contributed by atoms with E-state index in [4.69, 9.17) is 0 Å². The number of nitrogens with zero attached hydrogens (tertiary/aromatic N) is 2. The van der Waals surface area contributed by atoms with Crippen molar-refractivity contribution in [2.24, 2.45) is 0 Å². The van der Waals surface area contributed by atoms with Crippen LogP contribution < -0.4 is 16.0 Å². The maximum absolute atomic E-state index is 13.6. The molecule has 35 heavy (non-hydrogen) atoms. The fraction of sp³-hybridized carbons (Fsp3) is 0.560. The lowest BCUT2D eigenvalue weighted by Crippen LogP contribution is -2.61. The summed E-state index contributed by atoms with van der Waals surface area (Å²) in [5.41, 5.74) is 0.474. The number of carbonyl (C=O) groups excluding carboxylic acids is 5. The van der Waals surface area contributed by atoms with Crippen LogP contribution in [0.25, 0.3) is 0 Å². The first-order valence-electron chi connectivity index (χ1n) is 12.5. The lowest BCUT2D eigenvalue weighted by Gasteiger charge is -2.42. The Morgan fingerprint density at radius 2 is 1.77 bits per heavy atom. The van der Waals surface area contributed by atoms with Crippen molar-refractivity contribution < 1.29 is 24.0 Å². The highest BCUT2D eigenvalue weighted by Gasteiger charge is 2.46. The first-order chi connectivity index (χ1) is 16.9. The Bertz CT molecular complexity index is 1070. The topological polar surface area (TPSA) is 128 Å². The van der Waals surface area contributed by atoms with Crippen LogP contribution in [0.2, 0.25) is 0 Å². The molecule has 0 aromatic heterocycles. The maximum atomic E-state index is 13.6. The minimum Gasteiger partial charge on any atom is -0.339 e. The van der Waals surface area contributed by atoms with Crippen molar-refractivity contribution >= 4 is 29.5 Å². The summed E-state index contributed by atoms with van der Waals surface area (Å²) in [6.07, 6.45) is 4.67. The van der Waals surface area contributed by atoms with Crippen molar-refractivity contribution in [2.45, 2.75) is 63.1 Å². The number of piperidine rings is 1. The number of rotatable bonds is 5. The largest absolute Gasteiger partial charge is 0.339 e. The minimum atomic E-state index is -1.00. The van der Waals surface area contributed by atoms with E-state index in [0.717, 1.165) is 50.1 Å². The second kappa shape index (κ2) is 9.50. The number of nitrogens with one attached hydrogen (secondary N) is 3. The molecule has 5 rings (SSSR count). The molecule has 1 unspecified atom stereocenters. The summed E-state index contributed by atoms with van der Waals surface area (Å²) >= 11 is 0. The molecule has 0 radical (unpaired) electrons. The third-order valence-electron chi connectivity index (χ3n) is 7.69. The molecular formula is C25H31N5O5. The van der Waals surface area contributed by atoms with Crippen LogP contribution in [0.4, 0.5) is 0 Å². The molecule has 4 aliphatic rings. The molecule has 1 aliphatic carbocycles. The molecule has 3 N–H and O–H groups in total. The van der Waals surface area contributed by atoms with Crippen molar-refractivity contribution in [3.63, 3.8) is 0 Å². The monoisotopic (exact) mass is 481 g/mol. The van der Waals surface area contributed by atoms with Gasteiger partial charge in [-0.2, -0.15) is 0 Å². The van der Waals surface area contributed by atoms with Crippen LogP contribution >= 0.6 is 0 Å². The van der Waals surface area contributed by atoms with Crippen LogP contribution in [0.5, 0.6) is 0 Å². The van der Waals surface area contributed by atoms with E-state index < -0.39 is 35.2 Å². The summed E-state index contributed by atoms with van der Waals surface area (Å²) in [5, 5.41) is 9.01. The minimum absolute atomic E-state index is 0.0783. The van der Waals surface area contributed by atoms with Crippen molar-refractivity contribution in [3.05, 3.63) is 34.9 Å². The smallest absolute Gasteiger partial charge is 0.262 e. The summed E-state index contributed by atoms with van der Waals surface area (Å²) < 4.78 is 0. The zero-order valence-corrected chi connectivity index (χ0v) is 19.7. The molecule has 1 aromatic carbocycles. The van der Waals surface area contributed by atoms with Gasteiger partial charge in [0, 0.05) is 39.1 Å². The van der Waals surface area contributed by atoms with E-state index in [1.54, 1.807) is 18.2 Å². The van der Waals surface area contributed by atoms with E-state index >= 15 is 0 Å². The number of piperazine rings is 1. The van der Waals surface area contributed by atoms with Crippen LogP contribution in [-0.4, -0.2) is 77.1 Å². The van der Waals surface area contributed by atoms with Crippen LogP contribution in [0.1, 0.15) is 71.2 Å². The second-order valence-electron chi connectivity index (χ2n) is 9.83. The normalized spacial score (nSPS) is 24.4.